The van der Waals surface area contributed by atoms with Gasteiger partial charge in [-0.25, -0.2) is 0 Å². The number of carbonyl (C=O) groups excluding carboxylic acids is 3. The van der Waals surface area contributed by atoms with Crippen LogP contribution in [0.15, 0.2) is 24.3 Å². The molecule has 33 heavy (non-hydrogen) atoms. The lowest BCUT2D eigenvalue weighted by Crippen LogP contribution is -2.42. The highest BCUT2D eigenvalue weighted by Crippen LogP contribution is 2.40. The predicted octanol–water partition coefficient (Wildman–Crippen LogP) is 2.01. The van der Waals surface area contributed by atoms with Crippen LogP contribution in [-0.2, 0) is 14.4 Å². The van der Waals surface area contributed by atoms with Crippen LogP contribution in [0.25, 0.3) is 0 Å². The minimum Gasteiger partial charge on any atom is -0.497 e. The van der Waals surface area contributed by atoms with Gasteiger partial charge in [-0.15, -0.1) is 0 Å². The van der Waals surface area contributed by atoms with Crippen molar-refractivity contribution in [2.75, 3.05) is 60.5 Å². The van der Waals surface area contributed by atoms with E-state index in [4.69, 9.17) is 4.74 Å². The topological polar surface area (TPSA) is 73.4 Å². The molecule has 2 unspecified atom stereocenters. The van der Waals surface area contributed by atoms with Crippen LogP contribution in [0.4, 0.5) is 0 Å². The third-order valence-electron chi connectivity index (χ3n) is 6.72. The van der Waals surface area contributed by atoms with Crippen molar-refractivity contribution < 1.29 is 19.1 Å². The van der Waals surface area contributed by atoms with Crippen LogP contribution in [0.5, 0.6) is 5.75 Å². The molecule has 0 aromatic heterocycles. The molecule has 0 spiro atoms. The molecule has 8 nitrogen and oxygen atoms in total. The quantitative estimate of drug-likeness (QED) is 0.596. The predicted molar refractivity (Wildman–Crippen MR) is 127 cm³/mol. The van der Waals surface area contributed by atoms with Gasteiger partial charge in [-0.05, 0) is 30.5 Å². The molecule has 1 aromatic rings. The van der Waals surface area contributed by atoms with Crippen LogP contribution >= 0.6 is 0 Å². The van der Waals surface area contributed by atoms with Gasteiger partial charge in [-0.1, -0.05) is 25.5 Å². The number of methoxy groups -OCH3 is 1. The molecule has 182 valence electrons. The number of unbranched alkanes of at least 4 members (excludes halogenated alkanes) is 1. The van der Waals surface area contributed by atoms with E-state index < -0.39 is 5.92 Å². The molecular formula is C25H38N4O4. The smallest absolute Gasteiger partial charge is 0.236 e. The highest BCUT2D eigenvalue weighted by molar-refractivity contribution is 5.90. The van der Waals surface area contributed by atoms with Crippen LogP contribution in [-0.4, -0.2) is 97.8 Å². The lowest BCUT2D eigenvalue weighted by Gasteiger charge is -2.31. The monoisotopic (exact) mass is 458 g/mol. The second-order valence-corrected chi connectivity index (χ2v) is 9.21. The van der Waals surface area contributed by atoms with Gasteiger partial charge in [0.1, 0.15) is 5.75 Å². The third kappa shape index (κ3) is 6.05. The van der Waals surface area contributed by atoms with E-state index in [2.05, 4.69) is 11.8 Å². The minimum atomic E-state index is -0.391. The van der Waals surface area contributed by atoms with E-state index in [0.29, 0.717) is 32.7 Å². The van der Waals surface area contributed by atoms with Crippen molar-refractivity contribution in [3.8, 4) is 5.75 Å². The van der Waals surface area contributed by atoms with Gasteiger partial charge in [0.15, 0.2) is 0 Å². The molecule has 0 N–H and O–H groups in total. The number of amides is 3. The lowest BCUT2D eigenvalue weighted by molar-refractivity contribution is -0.136. The molecule has 1 aromatic carbocycles. The van der Waals surface area contributed by atoms with E-state index in [0.717, 1.165) is 37.1 Å². The van der Waals surface area contributed by atoms with Gasteiger partial charge in [-0.3, -0.25) is 19.3 Å². The fraction of sp³-hybridized carbons (Fsp3) is 0.640. The first-order valence-corrected chi connectivity index (χ1v) is 12.0. The molecule has 2 fully saturated rings. The largest absolute Gasteiger partial charge is 0.497 e. The van der Waals surface area contributed by atoms with Gasteiger partial charge in [0.2, 0.25) is 17.7 Å². The Bertz CT molecular complexity index is 826. The first kappa shape index (κ1) is 25.0. The molecule has 8 heteroatoms. The zero-order valence-electron chi connectivity index (χ0n) is 20.5. The number of carbonyl (C=O) groups is 3. The van der Waals surface area contributed by atoms with Gasteiger partial charge in [-0.2, -0.15) is 0 Å². The van der Waals surface area contributed by atoms with E-state index in [1.165, 1.54) is 0 Å². The number of rotatable bonds is 8. The van der Waals surface area contributed by atoms with E-state index >= 15 is 0 Å². The summed E-state index contributed by atoms with van der Waals surface area (Å²) in [4.78, 5) is 46.3. The Hall–Kier alpha value is -2.61. The van der Waals surface area contributed by atoms with Gasteiger partial charge >= 0.3 is 0 Å². The van der Waals surface area contributed by atoms with Crippen LogP contribution in [0.2, 0.25) is 0 Å². The zero-order chi connectivity index (χ0) is 24.0. The lowest BCUT2D eigenvalue weighted by atomic mass is 9.92. The van der Waals surface area contributed by atoms with E-state index in [1.807, 2.05) is 34.1 Å². The summed E-state index contributed by atoms with van der Waals surface area (Å²) in [5.74, 6) is 0.533. The number of likely N-dealkylation sites (tertiary alicyclic amines) is 1. The molecule has 2 aliphatic heterocycles. The first-order valence-electron chi connectivity index (χ1n) is 12.0. The molecule has 3 amide bonds. The molecule has 2 saturated heterocycles. The van der Waals surface area contributed by atoms with E-state index in [1.54, 1.807) is 26.1 Å². The van der Waals surface area contributed by atoms with Crippen LogP contribution in [0.1, 0.15) is 44.2 Å². The normalized spacial score (nSPS) is 21.8. The Kier molecular flexibility index (Phi) is 8.72. The number of benzene rings is 1. The van der Waals surface area contributed by atoms with Crippen LogP contribution < -0.4 is 4.74 Å². The SMILES string of the molecule is CCCCN1C(=O)CC(C(=O)N2CCCN(CC(=O)N(C)C)CC2)C1c1ccc(OC)cc1. The summed E-state index contributed by atoms with van der Waals surface area (Å²) < 4.78 is 5.29. The fourth-order valence-electron chi connectivity index (χ4n) is 4.73. The highest BCUT2D eigenvalue weighted by Gasteiger charge is 2.45. The fourth-order valence-corrected chi connectivity index (χ4v) is 4.73. The maximum Gasteiger partial charge on any atom is 0.236 e. The number of ether oxygens (including phenoxy) is 1. The van der Waals surface area contributed by atoms with Crippen molar-refractivity contribution in [3.05, 3.63) is 29.8 Å². The second-order valence-electron chi connectivity index (χ2n) is 9.21. The summed E-state index contributed by atoms with van der Waals surface area (Å²) in [5, 5.41) is 0. The van der Waals surface area contributed by atoms with E-state index in [9.17, 15) is 14.4 Å². The Morgan fingerprint density at radius 2 is 1.82 bits per heavy atom. The molecule has 0 radical (unpaired) electrons. The number of hydrogen-bond acceptors (Lipinski definition) is 5. The molecule has 2 aliphatic rings. The maximum atomic E-state index is 13.7. The summed E-state index contributed by atoms with van der Waals surface area (Å²) >= 11 is 0. The van der Waals surface area contributed by atoms with Gasteiger partial charge in [0, 0.05) is 53.2 Å². The third-order valence-corrected chi connectivity index (χ3v) is 6.72. The Balaban J connectivity index is 1.76. The average Bonchev–Trinajstić information content (AvgIpc) is 2.97. The van der Waals surface area contributed by atoms with Crippen molar-refractivity contribution in [2.45, 2.75) is 38.6 Å². The van der Waals surface area contributed by atoms with Crippen molar-refractivity contribution >= 4 is 17.7 Å². The molecule has 0 aliphatic carbocycles. The molecule has 3 rings (SSSR count). The summed E-state index contributed by atoms with van der Waals surface area (Å²) in [6.07, 6.45) is 2.97. The summed E-state index contributed by atoms with van der Waals surface area (Å²) in [5.41, 5.74) is 0.976. The van der Waals surface area contributed by atoms with Crippen molar-refractivity contribution in [1.82, 2.24) is 19.6 Å². The second kappa shape index (κ2) is 11.5. The Morgan fingerprint density at radius 3 is 2.45 bits per heavy atom. The molecular weight excluding hydrogens is 420 g/mol. The first-order chi connectivity index (χ1) is 15.8. The van der Waals surface area contributed by atoms with Gasteiger partial charge < -0.3 is 19.4 Å². The Morgan fingerprint density at radius 1 is 1.09 bits per heavy atom. The standard InChI is InChI=1S/C25H38N4O4/c1-5-6-14-29-22(30)17-21(24(29)19-8-10-20(33-4)11-9-19)25(32)28-13-7-12-27(15-16-28)18-23(31)26(2)3/h8-11,21,24H,5-7,12-18H2,1-4H3. The summed E-state index contributed by atoms with van der Waals surface area (Å²) in [6, 6.07) is 7.47. The maximum absolute atomic E-state index is 13.7. The highest BCUT2D eigenvalue weighted by atomic mass is 16.5. The summed E-state index contributed by atoms with van der Waals surface area (Å²) in [7, 11) is 5.15. The number of nitrogens with zero attached hydrogens (tertiary/aromatic N) is 4. The molecule has 0 bridgehead atoms. The molecule has 2 heterocycles. The van der Waals surface area contributed by atoms with Crippen molar-refractivity contribution in [1.29, 1.82) is 0 Å². The minimum absolute atomic E-state index is 0.0453. The number of likely N-dealkylation sites (N-methyl/N-ethyl adjacent to an activating group) is 1. The summed E-state index contributed by atoms with van der Waals surface area (Å²) in [6.45, 7) is 5.83. The number of hydrogen-bond donors (Lipinski definition) is 0. The van der Waals surface area contributed by atoms with Gasteiger partial charge in [0.25, 0.3) is 0 Å². The van der Waals surface area contributed by atoms with Crippen LogP contribution in [0, 0.1) is 5.92 Å². The van der Waals surface area contributed by atoms with Crippen molar-refractivity contribution in [3.63, 3.8) is 0 Å². The van der Waals surface area contributed by atoms with E-state index in [-0.39, 0.29) is 30.2 Å². The van der Waals surface area contributed by atoms with Crippen molar-refractivity contribution in [2.24, 2.45) is 5.92 Å². The molecule has 2 atom stereocenters. The molecule has 0 saturated carbocycles. The Labute approximate surface area is 197 Å². The average molecular weight is 459 g/mol. The zero-order valence-corrected chi connectivity index (χ0v) is 20.5. The van der Waals surface area contributed by atoms with Crippen LogP contribution in [0.3, 0.4) is 0 Å². The van der Waals surface area contributed by atoms with Gasteiger partial charge in [0.05, 0.1) is 25.6 Å².